The van der Waals surface area contributed by atoms with Crippen molar-refractivity contribution in [2.75, 3.05) is 4.90 Å². The second-order valence-corrected chi connectivity index (χ2v) is 6.06. The predicted molar refractivity (Wildman–Crippen MR) is 73.3 cm³/mol. The number of carbonyl (C=O) groups is 1. The van der Waals surface area contributed by atoms with Crippen LogP contribution < -0.4 is 9.62 Å². The van der Waals surface area contributed by atoms with E-state index in [4.69, 9.17) is 0 Å². The summed E-state index contributed by atoms with van der Waals surface area (Å²) in [4.78, 5) is 17.3. The standard InChI is InChI=1S/C13H11N3O3S/c1-9-4-6-10(7-5-9)16-12-11(3-2-8-14-12)20(18,19)15-13(16)17/h2-8H,1H3,(H,15,17). The molecule has 2 aromatic rings. The van der Waals surface area contributed by atoms with Crippen LogP contribution in [0.5, 0.6) is 0 Å². The average molecular weight is 289 g/mol. The van der Waals surface area contributed by atoms with E-state index in [1.807, 2.05) is 23.8 Å². The first-order valence-corrected chi connectivity index (χ1v) is 7.36. The van der Waals surface area contributed by atoms with Crippen LogP contribution in [0.15, 0.2) is 47.5 Å². The fraction of sp³-hybridized carbons (Fsp3) is 0.0769. The maximum absolute atomic E-state index is 12.1. The van der Waals surface area contributed by atoms with Crippen LogP contribution in [-0.2, 0) is 10.0 Å². The Labute approximate surface area is 116 Å². The molecule has 0 spiro atoms. The lowest BCUT2D eigenvalue weighted by atomic mass is 10.2. The summed E-state index contributed by atoms with van der Waals surface area (Å²) in [7, 11) is -3.84. The highest BCUT2D eigenvalue weighted by molar-refractivity contribution is 7.90. The van der Waals surface area contributed by atoms with Gasteiger partial charge in [0.05, 0.1) is 5.69 Å². The molecule has 2 heterocycles. The van der Waals surface area contributed by atoms with Crippen molar-refractivity contribution in [3.8, 4) is 0 Å². The van der Waals surface area contributed by atoms with E-state index >= 15 is 0 Å². The Kier molecular flexibility index (Phi) is 2.72. The van der Waals surface area contributed by atoms with Crippen LogP contribution in [-0.4, -0.2) is 19.4 Å². The number of amides is 2. The average Bonchev–Trinajstić information content (AvgIpc) is 2.40. The molecule has 0 saturated heterocycles. The Morgan fingerprint density at radius 2 is 1.85 bits per heavy atom. The molecule has 1 aromatic heterocycles. The molecule has 0 saturated carbocycles. The van der Waals surface area contributed by atoms with Crippen molar-refractivity contribution in [3.63, 3.8) is 0 Å². The van der Waals surface area contributed by atoms with Crippen molar-refractivity contribution in [1.82, 2.24) is 9.71 Å². The number of aromatic nitrogens is 1. The monoisotopic (exact) mass is 289 g/mol. The maximum Gasteiger partial charge on any atom is 0.341 e. The number of hydrogen-bond acceptors (Lipinski definition) is 4. The summed E-state index contributed by atoms with van der Waals surface area (Å²) in [6.45, 7) is 1.93. The summed E-state index contributed by atoms with van der Waals surface area (Å²) in [5.74, 6) is 0.111. The zero-order valence-corrected chi connectivity index (χ0v) is 11.4. The van der Waals surface area contributed by atoms with Crippen LogP contribution in [0, 0.1) is 6.92 Å². The van der Waals surface area contributed by atoms with Crippen molar-refractivity contribution in [2.24, 2.45) is 0 Å². The van der Waals surface area contributed by atoms with Crippen molar-refractivity contribution >= 4 is 27.6 Å². The lowest BCUT2D eigenvalue weighted by molar-refractivity contribution is 0.252. The van der Waals surface area contributed by atoms with Gasteiger partial charge in [0.25, 0.3) is 10.0 Å². The van der Waals surface area contributed by atoms with E-state index in [0.717, 1.165) is 5.56 Å². The molecule has 0 fully saturated rings. The van der Waals surface area contributed by atoms with Crippen LogP contribution in [0.25, 0.3) is 0 Å². The first-order chi connectivity index (χ1) is 9.49. The number of sulfonamides is 1. The van der Waals surface area contributed by atoms with Gasteiger partial charge in [-0.05, 0) is 31.2 Å². The number of benzene rings is 1. The van der Waals surface area contributed by atoms with Crippen LogP contribution in [0.3, 0.4) is 0 Å². The van der Waals surface area contributed by atoms with Gasteiger partial charge in [-0.15, -0.1) is 0 Å². The normalized spacial score (nSPS) is 16.4. The highest BCUT2D eigenvalue weighted by atomic mass is 32.2. The highest BCUT2D eigenvalue weighted by Gasteiger charge is 2.35. The summed E-state index contributed by atoms with van der Waals surface area (Å²) in [6, 6.07) is 9.36. The molecule has 0 radical (unpaired) electrons. The van der Waals surface area contributed by atoms with E-state index in [1.54, 1.807) is 12.1 Å². The second kappa shape index (κ2) is 4.31. The molecule has 102 valence electrons. The second-order valence-electron chi connectivity index (χ2n) is 4.41. The molecule has 0 bridgehead atoms. The van der Waals surface area contributed by atoms with Crippen LogP contribution in [0.2, 0.25) is 0 Å². The topological polar surface area (TPSA) is 79.4 Å². The Morgan fingerprint density at radius 3 is 2.55 bits per heavy atom. The summed E-state index contributed by atoms with van der Waals surface area (Å²) >= 11 is 0. The van der Waals surface area contributed by atoms with Crippen molar-refractivity contribution in [1.29, 1.82) is 0 Å². The lowest BCUT2D eigenvalue weighted by Gasteiger charge is -2.28. The van der Waals surface area contributed by atoms with Crippen LogP contribution in [0.4, 0.5) is 16.3 Å². The van der Waals surface area contributed by atoms with E-state index in [0.29, 0.717) is 5.69 Å². The zero-order valence-electron chi connectivity index (χ0n) is 10.6. The summed E-state index contributed by atoms with van der Waals surface area (Å²) in [5.41, 5.74) is 1.60. The SMILES string of the molecule is Cc1ccc(N2C(=O)NS(=O)(=O)c3cccnc32)cc1. The van der Waals surface area contributed by atoms with Gasteiger partial charge in [0.15, 0.2) is 5.82 Å². The number of hydrogen-bond donors (Lipinski definition) is 1. The van der Waals surface area contributed by atoms with Crippen LogP contribution >= 0.6 is 0 Å². The molecule has 1 N–H and O–H groups in total. The Bertz CT molecular complexity index is 785. The largest absolute Gasteiger partial charge is 0.341 e. The quantitative estimate of drug-likeness (QED) is 0.870. The molecule has 1 aliphatic heterocycles. The van der Waals surface area contributed by atoms with Gasteiger partial charge in [0, 0.05) is 6.20 Å². The predicted octanol–water partition coefficient (Wildman–Crippen LogP) is 1.94. The van der Waals surface area contributed by atoms with E-state index in [9.17, 15) is 13.2 Å². The Morgan fingerprint density at radius 1 is 1.15 bits per heavy atom. The number of pyridine rings is 1. The summed E-state index contributed by atoms with van der Waals surface area (Å²) in [5, 5.41) is 0. The third-order valence-electron chi connectivity index (χ3n) is 2.97. The molecule has 1 aromatic carbocycles. The Balaban J connectivity index is 2.21. The summed E-state index contributed by atoms with van der Waals surface area (Å²) in [6.07, 6.45) is 1.45. The van der Waals surface area contributed by atoms with Gasteiger partial charge in [-0.25, -0.2) is 27.8 Å². The molecule has 7 heteroatoms. The van der Waals surface area contributed by atoms with Gasteiger partial charge in [0.2, 0.25) is 0 Å². The maximum atomic E-state index is 12.1. The van der Waals surface area contributed by atoms with Crippen LogP contribution in [0.1, 0.15) is 5.56 Å². The highest BCUT2D eigenvalue weighted by Crippen LogP contribution is 2.32. The number of aryl methyl sites for hydroxylation is 1. The van der Waals surface area contributed by atoms with Gasteiger partial charge in [-0.3, -0.25) is 0 Å². The van der Waals surface area contributed by atoms with Gasteiger partial charge >= 0.3 is 6.03 Å². The number of fused-ring (bicyclic) bond motifs is 1. The first-order valence-electron chi connectivity index (χ1n) is 5.88. The molecular formula is C13H11N3O3S. The number of nitrogens with one attached hydrogen (secondary N) is 1. The van der Waals surface area contributed by atoms with Gasteiger partial charge in [-0.2, -0.15) is 0 Å². The number of nitrogens with zero attached hydrogens (tertiary/aromatic N) is 2. The first kappa shape index (κ1) is 12.6. The Hall–Kier alpha value is -2.41. The zero-order chi connectivity index (χ0) is 14.3. The summed E-state index contributed by atoms with van der Waals surface area (Å²) < 4.78 is 25.8. The number of rotatable bonds is 1. The minimum atomic E-state index is -3.84. The number of carbonyl (C=O) groups excluding carboxylic acids is 1. The van der Waals surface area contributed by atoms with E-state index < -0.39 is 16.1 Å². The molecule has 0 unspecified atom stereocenters. The third kappa shape index (κ3) is 1.92. The van der Waals surface area contributed by atoms with Crippen molar-refractivity contribution in [3.05, 3.63) is 48.2 Å². The van der Waals surface area contributed by atoms with Gasteiger partial charge < -0.3 is 0 Å². The fourth-order valence-corrected chi connectivity index (χ4v) is 3.08. The van der Waals surface area contributed by atoms with Gasteiger partial charge in [0.1, 0.15) is 4.90 Å². The molecule has 0 aliphatic carbocycles. The molecule has 0 atom stereocenters. The number of anilines is 2. The molecular weight excluding hydrogens is 278 g/mol. The molecule has 6 nitrogen and oxygen atoms in total. The van der Waals surface area contributed by atoms with E-state index in [2.05, 4.69) is 4.98 Å². The third-order valence-corrected chi connectivity index (χ3v) is 4.31. The molecule has 20 heavy (non-hydrogen) atoms. The molecule has 3 rings (SSSR count). The van der Waals surface area contributed by atoms with Crippen molar-refractivity contribution < 1.29 is 13.2 Å². The smallest absolute Gasteiger partial charge is 0.247 e. The lowest BCUT2D eigenvalue weighted by Crippen LogP contribution is -2.45. The van der Waals surface area contributed by atoms with E-state index in [1.165, 1.54) is 23.2 Å². The number of urea groups is 1. The fourth-order valence-electron chi connectivity index (χ4n) is 2.01. The van der Waals surface area contributed by atoms with E-state index in [-0.39, 0.29) is 10.7 Å². The minimum absolute atomic E-state index is 0.0137. The minimum Gasteiger partial charge on any atom is -0.247 e. The molecule has 1 aliphatic rings. The van der Waals surface area contributed by atoms with Gasteiger partial charge in [-0.1, -0.05) is 17.7 Å². The van der Waals surface area contributed by atoms with Crippen molar-refractivity contribution in [2.45, 2.75) is 11.8 Å². The molecule has 2 amide bonds.